The summed E-state index contributed by atoms with van der Waals surface area (Å²) in [6.45, 7) is 5.69. The Balaban J connectivity index is 2.54. The Hall–Kier alpha value is -3.42. The summed E-state index contributed by atoms with van der Waals surface area (Å²) in [5.74, 6) is -1.21. The number of carbonyl (C=O) groups excluding carboxylic acids is 2. The molecule has 0 saturated carbocycles. The minimum Gasteiger partial charge on any atom is -0.454 e. The summed E-state index contributed by atoms with van der Waals surface area (Å²) < 4.78 is 17.7. The maximum atomic E-state index is 13.5. The Morgan fingerprint density at radius 1 is 0.449 bits per heavy atom. The number of esters is 1. The lowest BCUT2D eigenvalue weighted by molar-refractivity contribution is -0.305. The number of carbonyl (C=O) groups is 2. The average Bonchev–Trinajstić information content (AvgIpc) is 3.72. The SMILES string of the molecule is CC/C=C\C/C=C\C/C=C\C/C=C\C/C=C\C/C=C\CCCCCCCC(O)C(=O)NC(COC1OC(CO)C(O)C(O)C1OC(=O)CCCCCCCCCCCCCCCCC/C=C/CCCCCCCC)C(O)/C=C/CCCCCCCCCCC. The van der Waals surface area contributed by atoms with Crippen molar-refractivity contribution in [3.05, 3.63) is 97.2 Å². The Labute approximate surface area is 546 Å². The summed E-state index contributed by atoms with van der Waals surface area (Å²) >= 11 is 0. The molecule has 11 nitrogen and oxygen atoms in total. The van der Waals surface area contributed by atoms with Crippen LogP contribution >= 0.6 is 0 Å². The summed E-state index contributed by atoms with van der Waals surface area (Å²) in [7, 11) is 0. The highest BCUT2D eigenvalue weighted by molar-refractivity contribution is 5.80. The summed E-state index contributed by atoms with van der Waals surface area (Å²) in [5, 5.41) is 57.3. The van der Waals surface area contributed by atoms with Gasteiger partial charge in [0.05, 0.1) is 25.4 Å². The van der Waals surface area contributed by atoms with E-state index in [4.69, 9.17) is 14.2 Å². The summed E-state index contributed by atoms with van der Waals surface area (Å²) in [5.41, 5.74) is 0. The maximum Gasteiger partial charge on any atom is 0.306 e. The predicted molar refractivity (Wildman–Crippen MR) is 375 cm³/mol. The van der Waals surface area contributed by atoms with Gasteiger partial charge in [0.25, 0.3) is 0 Å². The second-order valence-corrected chi connectivity index (χ2v) is 25.3. The Morgan fingerprint density at radius 2 is 0.809 bits per heavy atom. The van der Waals surface area contributed by atoms with Crippen LogP contribution in [0.4, 0.5) is 0 Å². The molecule has 1 heterocycles. The molecule has 0 bridgehead atoms. The summed E-state index contributed by atoms with van der Waals surface area (Å²) in [6.07, 6.45) is 77.4. The number of nitrogens with one attached hydrogen (secondary N) is 1. The predicted octanol–water partition coefficient (Wildman–Crippen LogP) is 19.4. The van der Waals surface area contributed by atoms with Crippen molar-refractivity contribution >= 4 is 11.9 Å². The molecule has 1 aliphatic heterocycles. The molecule has 8 atom stereocenters. The molecule has 0 aromatic heterocycles. The number of hydrogen-bond acceptors (Lipinski definition) is 10. The molecular formula is C78H137NO10. The van der Waals surface area contributed by atoms with Crippen LogP contribution in [-0.2, 0) is 23.8 Å². The first-order chi connectivity index (χ1) is 43.7. The van der Waals surface area contributed by atoms with E-state index >= 15 is 0 Å². The molecule has 1 fully saturated rings. The first-order valence-corrected chi connectivity index (χ1v) is 37.0. The van der Waals surface area contributed by atoms with E-state index in [2.05, 4.69) is 111 Å². The monoisotopic (exact) mass is 1250 g/mol. The molecule has 6 N–H and O–H groups in total. The summed E-state index contributed by atoms with van der Waals surface area (Å²) in [6, 6.07) is -1.04. The molecule has 8 unspecified atom stereocenters. The lowest BCUT2D eigenvalue weighted by atomic mass is 9.99. The fourth-order valence-electron chi connectivity index (χ4n) is 11.2. The van der Waals surface area contributed by atoms with Gasteiger partial charge in [-0.15, -0.1) is 0 Å². The van der Waals surface area contributed by atoms with Gasteiger partial charge < -0.3 is 45.1 Å². The Morgan fingerprint density at radius 3 is 1.22 bits per heavy atom. The zero-order valence-corrected chi connectivity index (χ0v) is 57.3. The first-order valence-electron chi connectivity index (χ1n) is 37.0. The topological polar surface area (TPSA) is 175 Å². The number of unbranched alkanes of at least 4 members (excludes halogenated alkanes) is 35. The van der Waals surface area contributed by atoms with Crippen LogP contribution in [0.3, 0.4) is 0 Å². The highest BCUT2D eigenvalue weighted by Crippen LogP contribution is 2.26. The Kier molecular flexibility index (Phi) is 60.7. The van der Waals surface area contributed by atoms with E-state index in [0.717, 1.165) is 109 Å². The van der Waals surface area contributed by atoms with E-state index in [-0.39, 0.29) is 19.4 Å². The quantitative estimate of drug-likeness (QED) is 0.0195. The van der Waals surface area contributed by atoms with Crippen molar-refractivity contribution in [2.45, 2.75) is 372 Å². The minimum absolute atomic E-state index is 0.120. The van der Waals surface area contributed by atoms with Crippen LogP contribution in [0, 0.1) is 0 Å². The number of ether oxygens (including phenoxy) is 3. The zero-order valence-electron chi connectivity index (χ0n) is 57.3. The molecule has 1 aliphatic rings. The van der Waals surface area contributed by atoms with E-state index in [1.807, 2.05) is 6.08 Å². The molecular weight excluding hydrogens is 1110 g/mol. The van der Waals surface area contributed by atoms with Gasteiger partial charge in [-0.3, -0.25) is 9.59 Å². The van der Waals surface area contributed by atoms with Gasteiger partial charge in [0.1, 0.15) is 24.4 Å². The van der Waals surface area contributed by atoms with Crippen LogP contribution in [0.1, 0.15) is 323 Å². The van der Waals surface area contributed by atoms with Crippen molar-refractivity contribution in [2.24, 2.45) is 0 Å². The molecule has 1 amide bonds. The molecule has 0 aliphatic carbocycles. The van der Waals surface area contributed by atoms with Gasteiger partial charge in [-0.05, 0) is 103 Å². The van der Waals surface area contributed by atoms with Gasteiger partial charge in [-0.25, -0.2) is 0 Å². The van der Waals surface area contributed by atoms with Crippen molar-refractivity contribution in [2.75, 3.05) is 13.2 Å². The van der Waals surface area contributed by atoms with Gasteiger partial charge >= 0.3 is 5.97 Å². The van der Waals surface area contributed by atoms with Crippen LogP contribution in [-0.4, -0.2) is 99.6 Å². The highest BCUT2D eigenvalue weighted by Gasteiger charge is 2.47. The zero-order chi connectivity index (χ0) is 64.6. The summed E-state index contributed by atoms with van der Waals surface area (Å²) in [4.78, 5) is 26.7. The fourth-order valence-corrected chi connectivity index (χ4v) is 11.2. The fraction of sp³-hybridized carbons (Fsp3) is 0.769. The normalized spacial score (nSPS) is 18.7. The van der Waals surface area contributed by atoms with E-state index in [0.29, 0.717) is 12.8 Å². The smallest absolute Gasteiger partial charge is 0.306 e. The molecule has 11 heteroatoms. The van der Waals surface area contributed by atoms with E-state index < -0.39 is 67.4 Å². The number of hydrogen-bond donors (Lipinski definition) is 6. The third kappa shape index (κ3) is 51.7. The van der Waals surface area contributed by atoms with Crippen LogP contribution in [0.5, 0.6) is 0 Å². The number of allylic oxidation sites excluding steroid dienone is 15. The third-order valence-corrected chi connectivity index (χ3v) is 17.0. The van der Waals surface area contributed by atoms with Crippen molar-refractivity contribution < 1.29 is 49.3 Å². The largest absolute Gasteiger partial charge is 0.454 e. The second kappa shape index (κ2) is 64.7. The van der Waals surface area contributed by atoms with Crippen molar-refractivity contribution in [1.29, 1.82) is 0 Å². The first kappa shape index (κ1) is 83.6. The maximum absolute atomic E-state index is 13.5. The number of aliphatic hydroxyl groups excluding tert-OH is 5. The van der Waals surface area contributed by atoms with Gasteiger partial charge in [0.15, 0.2) is 12.4 Å². The van der Waals surface area contributed by atoms with E-state index in [9.17, 15) is 35.1 Å². The van der Waals surface area contributed by atoms with Gasteiger partial charge in [-0.2, -0.15) is 0 Å². The van der Waals surface area contributed by atoms with E-state index in [1.165, 1.54) is 167 Å². The average molecular weight is 1250 g/mol. The van der Waals surface area contributed by atoms with Crippen LogP contribution in [0.2, 0.25) is 0 Å². The third-order valence-electron chi connectivity index (χ3n) is 17.0. The van der Waals surface area contributed by atoms with Crippen LogP contribution in [0.25, 0.3) is 0 Å². The lowest BCUT2D eigenvalue weighted by Gasteiger charge is -2.41. The van der Waals surface area contributed by atoms with Gasteiger partial charge in [0.2, 0.25) is 5.91 Å². The molecule has 0 radical (unpaired) electrons. The van der Waals surface area contributed by atoms with E-state index in [1.54, 1.807) is 6.08 Å². The van der Waals surface area contributed by atoms with Gasteiger partial charge in [-0.1, -0.05) is 311 Å². The molecule has 1 rings (SSSR count). The van der Waals surface area contributed by atoms with Crippen molar-refractivity contribution in [3.63, 3.8) is 0 Å². The number of rotatable bonds is 63. The van der Waals surface area contributed by atoms with Crippen molar-refractivity contribution in [3.8, 4) is 0 Å². The molecule has 514 valence electrons. The highest BCUT2D eigenvalue weighted by atomic mass is 16.7. The Bertz CT molecular complexity index is 1820. The van der Waals surface area contributed by atoms with Gasteiger partial charge in [0, 0.05) is 6.42 Å². The lowest BCUT2D eigenvalue weighted by Crippen LogP contribution is -2.61. The molecule has 89 heavy (non-hydrogen) atoms. The van der Waals surface area contributed by atoms with Crippen LogP contribution < -0.4 is 5.32 Å². The second-order valence-electron chi connectivity index (χ2n) is 25.3. The molecule has 1 saturated heterocycles. The number of aliphatic hydroxyl groups is 5. The standard InChI is InChI=1S/C78H137NO10/c1-4-7-10-13-16-19-22-24-26-28-30-32-34-36-38-40-42-44-46-48-51-54-57-60-63-66-73(83)89-76-75(85)74(84)72(67-80)88-78(76)87-68-69(70(81)64-61-58-55-52-49-21-18-15-12-9-6-3)79-77(86)71(82)65-62-59-56-53-50-47-45-43-41-39-37-35-33-31-29-27-25-23-20-17-14-11-8-5-2/h8,11,17,20,24-27,31,33,37,39,43,45,61,64,69-72,74-76,78,80-82,84-85H,4-7,9-10,12-16,18-19,21-23,28-30,32,34-36,38,40-42,44,46-60,62-63,65-68H2,1-3H3,(H,79,86)/b11-8-,20-17-,26-24+,27-25-,33-31-,39-37-,45-43-,64-61+. The molecule has 0 spiro atoms. The molecule has 0 aromatic carbocycles. The number of amides is 1. The van der Waals surface area contributed by atoms with Crippen molar-refractivity contribution in [1.82, 2.24) is 5.32 Å². The minimum atomic E-state index is -1.62. The molecule has 0 aromatic rings. The van der Waals surface area contributed by atoms with Crippen LogP contribution in [0.15, 0.2) is 97.2 Å².